The predicted octanol–water partition coefficient (Wildman–Crippen LogP) is 3.24. The van der Waals surface area contributed by atoms with Gasteiger partial charge in [0.15, 0.2) is 17.2 Å². The molecule has 0 fully saturated rings. The van der Waals surface area contributed by atoms with Gasteiger partial charge in [-0.15, -0.1) is 0 Å². The quantitative estimate of drug-likeness (QED) is 0.875. The van der Waals surface area contributed by atoms with Crippen LogP contribution >= 0.6 is 12.2 Å². The molecule has 1 heterocycles. The molecule has 0 radical (unpaired) electrons. The number of hydrogen-bond acceptors (Lipinski definition) is 4. The summed E-state index contributed by atoms with van der Waals surface area (Å²) in [4.78, 5) is 0. The van der Waals surface area contributed by atoms with Gasteiger partial charge in [-0.25, -0.2) is 0 Å². The van der Waals surface area contributed by atoms with Crippen molar-refractivity contribution in [2.75, 3.05) is 14.2 Å². The summed E-state index contributed by atoms with van der Waals surface area (Å²) in [5, 5.41) is 9.89. The summed E-state index contributed by atoms with van der Waals surface area (Å²) in [5.74, 6) is 1.41. The molecule has 0 bridgehead atoms. The Bertz CT molecular complexity index is 664. The van der Waals surface area contributed by atoms with Crippen molar-refractivity contribution in [1.29, 1.82) is 0 Å². The minimum Gasteiger partial charge on any atom is -0.505 e. The van der Waals surface area contributed by atoms with E-state index < -0.39 is 0 Å². The highest BCUT2D eigenvalue weighted by atomic mass is 32.1. The Labute approximate surface area is 116 Å². The Hall–Kier alpha value is -2.01. The van der Waals surface area contributed by atoms with Crippen LogP contribution in [-0.2, 0) is 0 Å². The van der Waals surface area contributed by atoms with Gasteiger partial charge in [0, 0.05) is 18.0 Å². The Kier molecular flexibility index (Phi) is 3.76. The van der Waals surface area contributed by atoms with E-state index in [1.165, 1.54) is 0 Å². The highest BCUT2D eigenvalue weighted by Gasteiger charge is 2.09. The predicted molar refractivity (Wildman–Crippen MR) is 76.1 cm³/mol. The van der Waals surface area contributed by atoms with Gasteiger partial charge in [0.05, 0.1) is 24.4 Å². The standard InChI is InChI=1S/C14H15NO3S/c1-9-14(16)13(19)6-7-15(9)10-4-5-11(17-2)12(8-10)18-3/h4-8,16H,1-3H3. The molecule has 4 nitrogen and oxygen atoms in total. The molecule has 1 aromatic carbocycles. The number of benzene rings is 1. The molecule has 0 amide bonds. The molecule has 1 N–H and O–H groups in total. The number of nitrogens with zero attached hydrogens (tertiary/aromatic N) is 1. The van der Waals surface area contributed by atoms with Crippen LogP contribution in [0.25, 0.3) is 5.69 Å². The first-order valence-corrected chi connectivity index (χ1v) is 6.13. The van der Waals surface area contributed by atoms with Crippen molar-refractivity contribution >= 4 is 12.2 Å². The molecular weight excluding hydrogens is 262 g/mol. The fourth-order valence-electron chi connectivity index (χ4n) is 1.88. The zero-order valence-electron chi connectivity index (χ0n) is 11.0. The number of aromatic nitrogens is 1. The van der Waals surface area contributed by atoms with Gasteiger partial charge in [-0.1, -0.05) is 12.2 Å². The summed E-state index contributed by atoms with van der Waals surface area (Å²) in [6, 6.07) is 7.23. The molecule has 0 aliphatic heterocycles. The molecule has 0 saturated carbocycles. The Morgan fingerprint density at radius 2 is 1.79 bits per heavy atom. The largest absolute Gasteiger partial charge is 0.505 e. The molecule has 100 valence electrons. The number of pyridine rings is 1. The van der Waals surface area contributed by atoms with E-state index in [4.69, 9.17) is 21.7 Å². The van der Waals surface area contributed by atoms with E-state index in [1.807, 2.05) is 35.9 Å². The van der Waals surface area contributed by atoms with Crippen molar-refractivity contribution in [3.8, 4) is 22.9 Å². The fraction of sp³-hybridized carbons (Fsp3) is 0.214. The van der Waals surface area contributed by atoms with Crippen LogP contribution in [0.3, 0.4) is 0 Å². The molecular formula is C14H15NO3S. The molecule has 0 aliphatic rings. The smallest absolute Gasteiger partial charge is 0.162 e. The second kappa shape index (κ2) is 5.32. The van der Waals surface area contributed by atoms with Crippen molar-refractivity contribution in [3.63, 3.8) is 0 Å². The minimum atomic E-state index is 0.118. The number of rotatable bonds is 3. The van der Waals surface area contributed by atoms with E-state index in [0.717, 1.165) is 5.69 Å². The van der Waals surface area contributed by atoms with Gasteiger partial charge in [-0.3, -0.25) is 0 Å². The van der Waals surface area contributed by atoms with Gasteiger partial charge in [0.2, 0.25) is 0 Å². The lowest BCUT2D eigenvalue weighted by molar-refractivity contribution is 0.355. The number of aromatic hydroxyl groups is 1. The fourth-order valence-corrected chi connectivity index (χ4v) is 2.09. The van der Waals surface area contributed by atoms with Crippen LogP contribution in [0.2, 0.25) is 0 Å². The van der Waals surface area contributed by atoms with Crippen LogP contribution in [0.15, 0.2) is 30.5 Å². The Morgan fingerprint density at radius 3 is 2.42 bits per heavy atom. The zero-order chi connectivity index (χ0) is 14.0. The van der Waals surface area contributed by atoms with Gasteiger partial charge in [-0.2, -0.15) is 0 Å². The summed E-state index contributed by atoms with van der Waals surface area (Å²) in [5.41, 5.74) is 1.54. The minimum absolute atomic E-state index is 0.118. The summed E-state index contributed by atoms with van der Waals surface area (Å²) in [6.07, 6.45) is 1.82. The van der Waals surface area contributed by atoms with E-state index in [2.05, 4.69) is 0 Å². The average Bonchev–Trinajstić information content (AvgIpc) is 2.44. The lowest BCUT2D eigenvalue weighted by Crippen LogP contribution is -2.01. The van der Waals surface area contributed by atoms with Gasteiger partial charge in [0.25, 0.3) is 0 Å². The second-order valence-corrected chi connectivity index (χ2v) is 4.46. The van der Waals surface area contributed by atoms with Crippen LogP contribution < -0.4 is 9.47 Å². The molecule has 2 aromatic rings. The highest BCUT2D eigenvalue weighted by Crippen LogP contribution is 2.30. The maximum atomic E-state index is 9.89. The van der Waals surface area contributed by atoms with Crippen LogP contribution in [-0.4, -0.2) is 23.9 Å². The Balaban J connectivity index is 2.60. The SMILES string of the molecule is COc1ccc(-n2ccc(=S)c(O)c2C)cc1OC. The maximum Gasteiger partial charge on any atom is 0.162 e. The summed E-state index contributed by atoms with van der Waals surface area (Å²) in [7, 11) is 3.18. The first-order valence-electron chi connectivity index (χ1n) is 5.72. The molecule has 0 unspecified atom stereocenters. The van der Waals surface area contributed by atoms with Gasteiger partial charge >= 0.3 is 0 Å². The third kappa shape index (κ3) is 2.42. The number of hydrogen-bond donors (Lipinski definition) is 1. The van der Waals surface area contributed by atoms with Gasteiger partial charge < -0.3 is 19.1 Å². The van der Waals surface area contributed by atoms with Crippen molar-refractivity contribution in [2.45, 2.75) is 6.92 Å². The van der Waals surface area contributed by atoms with E-state index in [0.29, 0.717) is 21.7 Å². The topological polar surface area (TPSA) is 43.6 Å². The Morgan fingerprint density at radius 1 is 1.11 bits per heavy atom. The van der Waals surface area contributed by atoms with Gasteiger partial charge in [-0.05, 0) is 25.1 Å². The van der Waals surface area contributed by atoms with Gasteiger partial charge in [0.1, 0.15) is 0 Å². The van der Waals surface area contributed by atoms with Crippen LogP contribution in [0.5, 0.6) is 17.2 Å². The zero-order valence-corrected chi connectivity index (χ0v) is 11.8. The monoisotopic (exact) mass is 277 g/mol. The molecule has 19 heavy (non-hydrogen) atoms. The molecule has 0 atom stereocenters. The van der Waals surface area contributed by atoms with Crippen LogP contribution in [0, 0.1) is 11.4 Å². The first kappa shape index (κ1) is 13.4. The molecule has 2 rings (SSSR count). The maximum absolute atomic E-state index is 9.89. The third-order valence-corrected chi connectivity index (χ3v) is 3.29. The molecule has 5 heteroatoms. The highest BCUT2D eigenvalue weighted by molar-refractivity contribution is 7.71. The summed E-state index contributed by atoms with van der Waals surface area (Å²) < 4.78 is 12.8. The molecule has 0 aliphatic carbocycles. The summed E-state index contributed by atoms with van der Waals surface area (Å²) >= 11 is 5.03. The van der Waals surface area contributed by atoms with Crippen LogP contribution in [0.1, 0.15) is 5.69 Å². The van der Waals surface area contributed by atoms with E-state index >= 15 is 0 Å². The molecule has 1 aromatic heterocycles. The third-order valence-electron chi connectivity index (χ3n) is 2.96. The first-order chi connectivity index (χ1) is 9.08. The normalized spacial score (nSPS) is 10.3. The van der Waals surface area contributed by atoms with E-state index in [1.54, 1.807) is 20.3 Å². The van der Waals surface area contributed by atoms with Crippen molar-refractivity contribution in [1.82, 2.24) is 4.57 Å². The second-order valence-electron chi connectivity index (χ2n) is 4.02. The summed E-state index contributed by atoms with van der Waals surface area (Å²) in [6.45, 7) is 1.81. The average molecular weight is 277 g/mol. The molecule has 0 spiro atoms. The lowest BCUT2D eigenvalue weighted by atomic mass is 10.2. The molecule has 0 saturated heterocycles. The lowest BCUT2D eigenvalue weighted by Gasteiger charge is -2.14. The van der Waals surface area contributed by atoms with E-state index in [9.17, 15) is 5.11 Å². The number of ether oxygens (including phenoxy) is 2. The van der Waals surface area contributed by atoms with Crippen molar-refractivity contribution in [3.05, 3.63) is 40.7 Å². The van der Waals surface area contributed by atoms with Crippen LogP contribution in [0.4, 0.5) is 0 Å². The van der Waals surface area contributed by atoms with Crippen molar-refractivity contribution in [2.24, 2.45) is 0 Å². The van der Waals surface area contributed by atoms with E-state index in [-0.39, 0.29) is 5.75 Å². The number of methoxy groups -OCH3 is 2. The van der Waals surface area contributed by atoms with Crippen molar-refractivity contribution < 1.29 is 14.6 Å².